The molecule has 1 fully saturated rings. The van der Waals surface area contributed by atoms with Gasteiger partial charge < -0.3 is 5.32 Å². The Labute approximate surface area is 167 Å². The van der Waals surface area contributed by atoms with Crippen LogP contribution in [0.15, 0.2) is 30.3 Å². The van der Waals surface area contributed by atoms with Gasteiger partial charge in [-0.1, -0.05) is 31.9 Å². The van der Waals surface area contributed by atoms with Gasteiger partial charge >= 0.3 is 6.03 Å². The smallest absolute Gasteiger partial charge is 0.319 e. The molecule has 0 bridgehead atoms. The highest BCUT2D eigenvalue weighted by atomic mass is 32.1. The van der Waals surface area contributed by atoms with Crippen LogP contribution in [0.3, 0.4) is 0 Å². The number of nitrogens with one attached hydrogen (secondary N) is 1. The number of rotatable bonds is 7. The molecule has 1 N–H and O–H groups in total. The van der Waals surface area contributed by atoms with Crippen molar-refractivity contribution >= 4 is 29.1 Å². The molecule has 0 saturated carbocycles. The highest BCUT2D eigenvalue weighted by Crippen LogP contribution is 2.34. The van der Waals surface area contributed by atoms with Gasteiger partial charge in [0.25, 0.3) is 5.91 Å². The zero-order chi connectivity index (χ0) is 20.5. The van der Waals surface area contributed by atoms with Crippen LogP contribution >= 0.6 is 11.3 Å². The normalized spacial score (nSPS) is 19.2. The molecule has 1 aromatic carbocycles. The van der Waals surface area contributed by atoms with Crippen LogP contribution in [0.2, 0.25) is 0 Å². The number of amides is 3. The van der Waals surface area contributed by atoms with Gasteiger partial charge in [0.2, 0.25) is 0 Å². The van der Waals surface area contributed by atoms with Gasteiger partial charge in [-0.25, -0.2) is 9.18 Å². The zero-order valence-corrected chi connectivity index (χ0v) is 17.0. The van der Waals surface area contributed by atoms with E-state index in [4.69, 9.17) is 0 Å². The third kappa shape index (κ3) is 3.58. The molecule has 3 rings (SSSR count). The number of nitrogens with zero attached hydrogens (tertiary/aromatic N) is 1. The molecule has 1 aliphatic rings. The number of benzene rings is 1. The van der Waals surface area contributed by atoms with Crippen LogP contribution in [0.25, 0.3) is 0 Å². The van der Waals surface area contributed by atoms with E-state index in [2.05, 4.69) is 5.32 Å². The van der Waals surface area contributed by atoms with Crippen LogP contribution in [0.1, 0.15) is 51.9 Å². The van der Waals surface area contributed by atoms with E-state index in [1.54, 1.807) is 6.07 Å². The standard InChI is InChI=1S/C21H23FN2O3S/c1-4-5-10-21(15-6-8-16(22)9-7-15)19(26)24(20(27)23-21)12-18(25)17-11-13(2)28-14(17)3/h6-9,11H,4-5,10,12H2,1-3H3,(H,23,27)/t21-/m0/s1. The quantitative estimate of drug-likeness (QED) is 0.554. The molecular weight excluding hydrogens is 379 g/mol. The Morgan fingerprint density at radius 1 is 1.21 bits per heavy atom. The van der Waals surface area contributed by atoms with E-state index in [1.165, 1.54) is 35.6 Å². The van der Waals surface area contributed by atoms with Crippen LogP contribution in [0.5, 0.6) is 0 Å². The Balaban J connectivity index is 1.91. The van der Waals surface area contributed by atoms with Crippen molar-refractivity contribution in [2.45, 2.75) is 45.6 Å². The van der Waals surface area contributed by atoms with Crippen molar-refractivity contribution in [1.82, 2.24) is 10.2 Å². The predicted molar refractivity (Wildman–Crippen MR) is 106 cm³/mol. The highest BCUT2D eigenvalue weighted by Gasteiger charge is 2.52. The van der Waals surface area contributed by atoms with E-state index < -0.39 is 23.3 Å². The predicted octanol–water partition coefficient (Wildman–Crippen LogP) is 4.32. The maximum atomic E-state index is 13.4. The number of hydrogen-bond acceptors (Lipinski definition) is 4. The third-order valence-corrected chi connectivity index (χ3v) is 6.03. The summed E-state index contributed by atoms with van der Waals surface area (Å²) in [5.74, 6) is -1.15. The zero-order valence-electron chi connectivity index (χ0n) is 16.2. The van der Waals surface area contributed by atoms with Crippen LogP contribution in [-0.4, -0.2) is 29.2 Å². The lowest BCUT2D eigenvalue weighted by molar-refractivity contribution is -0.131. The van der Waals surface area contributed by atoms with Gasteiger partial charge in [-0.15, -0.1) is 11.3 Å². The molecule has 1 saturated heterocycles. The Morgan fingerprint density at radius 2 is 1.89 bits per heavy atom. The average Bonchev–Trinajstić information content (AvgIpc) is 3.12. The van der Waals surface area contributed by atoms with E-state index in [-0.39, 0.29) is 12.3 Å². The number of halogens is 1. The van der Waals surface area contributed by atoms with Crippen molar-refractivity contribution in [2.24, 2.45) is 0 Å². The molecule has 1 aromatic heterocycles. The summed E-state index contributed by atoms with van der Waals surface area (Å²) in [6, 6.07) is 6.76. The molecule has 3 amide bonds. The number of ketones is 1. The van der Waals surface area contributed by atoms with Crippen molar-refractivity contribution in [1.29, 1.82) is 0 Å². The first kappa shape index (κ1) is 20.2. The van der Waals surface area contributed by atoms with Gasteiger partial charge in [0.15, 0.2) is 5.78 Å². The minimum absolute atomic E-state index is 0.268. The summed E-state index contributed by atoms with van der Waals surface area (Å²) in [6.45, 7) is 5.44. The van der Waals surface area contributed by atoms with E-state index in [0.29, 0.717) is 24.0 Å². The summed E-state index contributed by atoms with van der Waals surface area (Å²) in [5, 5.41) is 2.78. The second kappa shape index (κ2) is 7.83. The Morgan fingerprint density at radius 3 is 2.46 bits per heavy atom. The number of Topliss-reactive ketones (excluding diaryl/α,β-unsaturated/α-hetero) is 1. The summed E-state index contributed by atoms with van der Waals surface area (Å²) in [7, 11) is 0. The molecule has 2 aromatic rings. The molecule has 2 heterocycles. The van der Waals surface area contributed by atoms with Crippen LogP contribution in [0.4, 0.5) is 9.18 Å². The SMILES string of the molecule is CCCC[C@@]1(c2ccc(F)cc2)NC(=O)N(CC(=O)c2cc(C)sc2C)C1=O. The molecular formula is C21H23FN2O3S. The molecule has 28 heavy (non-hydrogen) atoms. The number of urea groups is 1. The fourth-order valence-electron chi connectivity index (χ4n) is 3.59. The van der Waals surface area contributed by atoms with Gasteiger partial charge in [0, 0.05) is 15.3 Å². The molecule has 7 heteroatoms. The summed E-state index contributed by atoms with van der Waals surface area (Å²) in [4.78, 5) is 41.5. The first-order valence-corrected chi connectivity index (χ1v) is 10.1. The molecule has 1 atom stereocenters. The van der Waals surface area contributed by atoms with Crippen molar-refractivity contribution < 1.29 is 18.8 Å². The second-order valence-electron chi connectivity index (χ2n) is 7.09. The maximum absolute atomic E-state index is 13.4. The number of aryl methyl sites for hydroxylation is 2. The largest absolute Gasteiger partial charge is 0.325 e. The fourth-order valence-corrected chi connectivity index (χ4v) is 4.53. The first-order valence-electron chi connectivity index (χ1n) is 9.29. The number of imide groups is 1. The molecule has 0 unspecified atom stereocenters. The lowest BCUT2D eigenvalue weighted by Crippen LogP contribution is -2.44. The average molecular weight is 402 g/mol. The minimum Gasteiger partial charge on any atom is -0.319 e. The first-order chi connectivity index (χ1) is 13.3. The number of hydrogen-bond donors (Lipinski definition) is 1. The fraction of sp³-hybridized carbons (Fsp3) is 0.381. The Hall–Kier alpha value is -2.54. The van der Waals surface area contributed by atoms with Crippen LogP contribution in [0, 0.1) is 19.7 Å². The Kier molecular flexibility index (Phi) is 5.65. The lowest BCUT2D eigenvalue weighted by Gasteiger charge is -2.27. The molecule has 1 aliphatic heterocycles. The number of carbonyl (C=O) groups is 3. The van der Waals surface area contributed by atoms with E-state index in [1.807, 2.05) is 20.8 Å². The lowest BCUT2D eigenvalue weighted by atomic mass is 9.84. The summed E-state index contributed by atoms with van der Waals surface area (Å²) < 4.78 is 13.4. The Bertz CT molecular complexity index is 922. The van der Waals surface area contributed by atoms with Crippen molar-refractivity contribution in [3.63, 3.8) is 0 Å². The second-order valence-corrected chi connectivity index (χ2v) is 8.55. The number of unbranched alkanes of at least 4 members (excludes halogenated alkanes) is 1. The van der Waals surface area contributed by atoms with Gasteiger partial charge in [-0.2, -0.15) is 0 Å². The molecule has 5 nitrogen and oxygen atoms in total. The number of thiophene rings is 1. The van der Waals surface area contributed by atoms with E-state index >= 15 is 0 Å². The summed E-state index contributed by atoms with van der Waals surface area (Å²) in [6.07, 6.45) is 1.92. The highest BCUT2D eigenvalue weighted by molar-refractivity contribution is 7.12. The van der Waals surface area contributed by atoms with Gasteiger partial charge in [0.05, 0.1) is 6.54 Å². The summed E-state index contributed by atoms with van der Waals surface area (Å²) in [5.41, 5.74) is -0.199. The molecule has 0 radical (unpaired) electrons. The van der Waals surface area contributed by atoms with Crippen molar-refractivity contribution in [2.75, 3.05) is 6.54 Å². The van der Waals surface area contributed by atoms with Gasteiger partial charge in [-0.3, -0.25) is 14.5 Å². The van der Waals surface area contributed by atoms with E-state index in [9.17, 15) is 18.8 Å². The number of carbonyl (C=O) groups excluding carboxylic acids is 3. The topological polar surface area (TPSA) is 66.5 Å². The third-order valence-electron chi connectivity index (χ3n) is 5.06. The monoisotopic (exact) mass is 402 g/mol. The molecule has 0 spiro atoms. The van der Waals surface area contributed by atoms with Gasteiger partial charge in [0.1, 0.15) is 11.4 Å². The van der Waals surface area contributed by atoms with Crippen LogP contribution < -0.4 is 5.32 Å². The van der Waals surface area contributed by atoms with Gasteiger partial charge in [-0.05, 0) is 44.0 Å². The minimum atomic E-state index is -1.26. The summed E-state index contributed by atoms with van der Waals surface area (Å²) >= 11 is 1.51. The van der Waals surface area contributed by atoms with Crippen molar-refractivity contribution in [3.05, 3.63) is 57.0 Å². The molecule has 148 valence electrons. The van der Waals surface area contributed by atoms with Crippen molar-refractivity contribution in [3.8, 4) is 0 Å². The van der Waals surface area contributed by atoms with Crippen LogP contribution in [-0.2, 0) is 10.3 Å². The molecule has 0 aliphatic carbocycles. The van der Waals surface area contributed by atoms with E-state index in [0.717, 1.165) is 21.1 Å². The maximum Gasteiger partial charge on any atom is 0.325 e.